The van der Waals surface area contributed by atoms with Crippen molar-refractivity contribution in [3.05, 3.63) is 30.1 Å². The van der Waals surface area contributed by atoms with Crippen LogP contribution >= 0.6 is 0 Å². The quantitative estimate of drug-likeness (QED) is 0.767. The van der Waals surface area contributed by atoms with E-state index in [0.717, 1.165) is 26.2 Å². The summed E-state index contributed by atoms with van der Waals surface area (Å²) in [5.74, 6) is 0.715. The lowest BCUT2D eigenvalue weighted by molar-refractivity contribution is 0.205. The summed E-state index contributed by atoms with van der Waals surface area (Å²) in [5, 5.41) is 3.53. The van der Waals surface area contributed by atoms with Crippen LogP contribution < -0.4 is 5.32 Å². The summed E-state index contributed by atoms with van der Waals surface area (Å²) < 4.78 is 0. The van der Waals surface area contributed by atoms with Crippen molar-refractivity contribution in [1.29, 1.82) is 0 Å². The van der Waals surface area contributed by atoms with Crippen molar-refractivity contribution in [2.24, 2.45) is 5.92 Å². The normalized spacial score (nSPS) is 13.2. The molecule has 1 aromatic heterocycles. The molecule has 1 aromatic rings. The van der Waals surface area contributed by atoms with Crippen LogP contribution in [0.1, 0.15) is 33.3 Å². The molecule has 1 N–H and O–H groups in total. The first-order chi connectivity index (χ1) is 8.63. The maximum Gasteiger partial charge on any atom is 0.0271 e. The molecule has 1 atom stereocenters. The van der Waals surface area contributed by atoms with E-state index < -0.39 is 0 Å². The minimum Gasteiger partial charge on any atom is -0.315 e. The highest BCUT2D eigenvalue weighted by Gasteiger charge is 2.12. The standard InChI is InChI=1S/C15H27N3/c1-5-18(12-15-6-8-16-9-7-15)14(4)11-17-10-13(2)3/h6-9,13-14,17H,5,10-12H2,1-4H3. The van der Waals surface area contributed by atoms with Crippen LogP contribution in [0.2, 0.25) is 0 Å². The third-order valence-electron chi connectivity index (χ3n) is 3.16. The van der Waals surface area contributed by atoms with E-state index in [-0.39, 0.29) is 0 Å². The highest BCUT2D eigenvalue weighted by molar-refractivity contribution is 5.09. The van der Waals surface area contributed by atoms with Crippen LogP contribution in [0, 0.1) is 5.92 Å². The van der Waals surface area contributed by atoms with E-state index in [1.54, 1.807) is 0 Å². The second kappa shape index (κ2) is 8.22. The Morgan fingerprint density at radius 2 is 1.83 bits per heavy atom. The molecule has 0 saturated heterocycles. The van der Waals surface area contributed by atoms with Gasteiger partial charge in [0, 0.05) is 31.5 Å². The molecule has 1 heterocycles. The van der Waals surface area contributed by atoms with E-state index in [0.29, 0.717) is 12.0 Å². The summed E-state index contributed by atoms with van der Waals surface area (Å²) in [5.41, 5.74) is 1.34. The van der Waals surface area contributed by atoms with Gasteiger partial charge in [-0.2, -0.15) is 0 Å². The SMILES string of the molecule is CCN(Cc1ccncc1)C(C)CNCC(C)C. The summed E-state index contributed by atoms with van der Waals surface area (Å²) in [4.78, 5) is 6.55. The van der Waals surface area contributed by atoms with Gasteiger partial charge in [-0.05, 0) is 43.6 Å². The van der Waals surface area contributed by atoms with Gasteiger partial charge in [-0.15, -0.1) is 0 Å². The monoisotopic (exact) mass is 249 g/mol. The minimum atomic E-state index is 0.557. The number of nitrogens with zero attached hydrogens (tertiary/aromatic N) is 2. The Bertz CT molecular complexity index is 311. The number of hydrogen-bond donors (Lipinski definition) is 1. The highest BCUT2D eigenvalue weighted by Crippen LogP contribution is 2.06. The van der Waals surface area contributed by atoms with E-state index in [1.165, 1.54) is 5.56 Å². The molecule has 18 heavy (non-hydrogen) atoms. The Kier molecular flexibility index (Phi) is 6.91. The molecule has 0 aromatic carbocycles. The number of nitrogens with one attached hydrogen (secondary N) is 1. The lowest BCUT2D eigenvalue weighted by Gasteiger charge is -2.28. The van der Waals surface area contributed by atoms with Crippen LogP contribution in [-0.2, 0) is 6.54 Å². The third kappa shape index (κ3) is 5.61. The molecule has 3 heteroatoms. The van der Waals surface area contributed by atoms with Gasteiger partial charge in [0.15, 0.2) is 0 Å². The van der Waals surface area contributed by atoms with Crippen molar-refractivity contribution in [3.63, 3.8) is 0 Å². The first kappa shape index (κ1) is 15.1. The zero-order valence-corrected chi connectivity index (χ0v) is 12.2. The van der Waals surface area contributed by atoms with E-state index in [9.17, 15) is 0 Å². The smallest absolute Gasteiger partial charge is 0.0271 e. The van der Waals surface area contributed by atoms with Gasteiger partial charge in [0.2, 0.25) is 0 Å². The molecule has 0 aliphatic heterocycles. The second-order valence-corrected chi connectivity index (χ2v) is 5.32. The van der Waals surface area contributed by atoms with Gasteiger partial charge in [0.25, 0.3) is 0 Å². The lowest BCUT2D eigenvalue weighted by Crippen LogP contribution is -2.40. The number of rotatable bonds is 8. The highest BCUT2D eigenvalue weighted by atomic mass is 15.2. The molecular formula is C15H27N3. The van der Waals surface area contributed by atoms with Gasteiger partial charge < -0.3 is 5.32 Å². The molecule has 0 radical (unpaired) electrons. The van der Waals surface area contributed by atoms with Crippen LogP contribution in [0.3, 0.4) is 0 Å². The Morgan fingerprint density at radius 3 is 2.39 bits per heavy atom. The molecule has 1 rings (SSSR count). The predicted molar refractivity (Wildman–Crippen MR) is 77.5 cm³/mol. The minimum absolute atomic E-state index is 0.557. The molecule has 102 valence electrons. The second-order valence-electron chi connectivity index (χ2n) is 5.32. The van der Waals surface area contributed by atoms with Gasteiger partial charge in [-0.25, -0.2) is 0 Å². The zero-order valence-electron chi connectivity index (χ0n) is 12.2. The van der Waals surface area contributed by atoms with Crippen LogP contribution in [-0.4, -0.2) is 35.6 Å². The van der Waals surface area contributed by atoms with Gasteiger partial charge in [-0.1, -0.05) is 20.8 Å². The Hall–Kier alpha value is -0.930. The van der Waals surface area contributed by atoms with E-state index in [1.807, 2.05) is 12.4 Å². The van der Waals surface area contributed by atoms with Crippen LogP contribution in [0.15, 0.2) is 24.5 Å². The van der Waals surface area contributed by atoms with Crippen molar-refractivity contribution < 1.29 is 0 Å². The third-order valence-corrected chi connectivity index (χ3v) is 3.16. The van der Waals surface area contributed by atoms with Crippen molar-refractivity contribution in [2.45, 2.75) is 40.3 Å². The number of hydrogen-bond acceptors (Lipinski definition) is 3. The molecule has 0 spiro atoms. The fraction of sp³-hybridized carbons (Fsp3) is 0.667. The van der Waals surface area contributed by atoms with E-state index >= 15 is 0 Å². The fourth-order valence-corrected chi connectivity index (χ4v) is 2.01. The van der Waals surface area contributed by atoms with Crippen LogP contribution in [0.4, 0.5) is 0 Å². The molecule has 0 fully saturated rings. The van der Waals surface area contributed by atoms with Crippen LogP contribution in [0.5, 0.6) is 0 Å². The summed E-state index contributed by atoms with van der Waals surface area (Å²) >= 11 is 0. The van der Waals surface area contributed by atoms with Gasteiger partial charge in [0.1, 0.15) is 0 Å². The molecule has 0 aliphatic carbocycles. The Labute approximate surface area is 112 Å². The summed E-state index contributed by atoms with van der Waals surface area (Å²) in [7, 11) is 0. The number of pyridine rings is 1. The van der Waals surface area contributed by atoms with Crippen molar-refractivity contribution in [3.8, 4) is 0 Å². The van der Waals surface area contributed by atoms with Gasteiger partial charge in [0.05, 0.1) is 0 Å². The Balaban J connectivity index is 2.40. The largest absolute Gasteiger partial charge is 0.315 e. The Morgan fingerprint density at radius 1 is 1.17 bits per heavy atom. The maximum atomic E-state index is 4.06. The van der Waals surface area contributed by atoms with Gasteiger partial charge in [-0.3, -0.25) is 9.88 Å². The van der Waals surface area contributed by atoms with Gasteiger partial charge >= 0.3 is 0 Å². The summed E-state index contributed by atoms with van der Waals surface area (Å²) in [6.07, 6.45) is 3.73. The average molecular weight is 249 g/mol. The van der Waals surface area contributed by atoms with E-state index in [4.69, 9.17) is 0 Å². The summed E-state index contributed by atoms with van der Waals surface area (Å²) in [6.45, 7) is 13.2. The predicted octanol–water partition coefficient (Wildman–Crippen LogP) is 2.54. The maximum absolute atomic E-state index is 4.06. The van der Waals surface area contributed by atoms with Crippen molar-refractivity contribution in [2.75, 3.05) is 19.6 Å². The molecule has 0 saturated carbocycles. The number of aromatic nitrogens is 1. The first-order valence-electron chi connectivity index (χ1n) is 6.97. The number of likely N-dealkylation sites (N-methyl/N-ethyl adjacent to an activating group) is 1. The molecular weight excluding hydrogens is 222 g/mol. The van der Waals surface area contributed by atoms with E-state index in [2.05, 4.69) is 55.0 Å². The van der Waals surface area contributed by atoms with Crippen LogP contribution in [0.25, 0.3) is 0 Å². The lowest BCUT2D eigenvalue weighted by atomic mass is 10.2. The molecule has 0 amide bonds. The van der Waals surface area contributed by atoms with Crippen molar-refractivity contribution >= 4 is 0 Å². The summed E-state index contributed by atoms with van der Waals surface area (Å²) in [6, 6.07) is 4.75. The molecule has 1 unspecified atom stereocenters. The first-order valence-corrected chi connectivity index (χ1v) is 6.97. The zero-order chi connectivity index (χ0) is 13.4. The molecule has 0 bridgehead atoms. The van der Waals surface area contributed by atoms with Crippen molar-refractivity contribution in [1.82, 2.24) is 15.2 Å². The molecule has 3 nitrogen and oxygen atoms in total. The average Bonchev–Trinajstić information content (AvgIpc) is 2.36. The topological polar surface area (TPSA) is 28.2 Å². The fourth-order valence-electron chi connectivity index (χ4n) is 2.01. The molecule has 0 aliphatic rings.